The Hall–Kier alpha value is -2.71. The molecule has 0 aliphatic heterocycles. The minimum atomic E-state index is -3.69. The molecule has 1 heterocycles. The summed E-state index contributed by atoms with van der Waals surface area (Å²) < 4.78 is 22.4. The van der Waals surface area contributed by atoms with Crippen molar-refractivity contribution in [3.63, 3.8) is 0 Å². The monoisotopic (exact) mass is 360 g/mol. The van der Waals surface area contributed by atoms with Gasteiger partial charge < -0.3 is 10.6 Å². The van der Waals surface area contributed by atoms with E-state index in [1.807, 2.05) is 0 Å². The number of primary sulfonamides is 1. The number of anilines is 1. The molecule has 1 amide bonds. The summed E-state index contributed by atoms with van der Waals surface area (Å²) in [7, 11) is -3.69. The zero-order valence-electron chi connectivity index (χ0n) is 13.6. The molecule has 0 fully saturated rings. The normalized spacial score (nSPS) is 10.9. The smallest absolute Gasteiger partial charge is 0.252 e. The predicted octanol–water partition coefficient (Wildman–Crippen LogP) is 1.30. The molecule has 0 aliphatic carbocycles. The highest BCUT2D eigenvalue weighted by Gasteiger charge is 2.08. The van der Waals surface area contributed by atoms with E-state index in [0.717, 1.165) is 11.3 Å². The van der Waals surface area contributed by atoms with Crippen molar-refractivity contribution in [2.24, 2.45) is 5.14 Å². The molecule has 0 spiro atoms. The van der Waals surface area contributed by atoms with Crippen LogP contribution in [0.4, 0.5) is 5.69 Å². The number of pyridine rings is 1. The van der Waals surface area contributed by atoms with Gasteiger partial charge in [0.15, 0.2) is 0 Å². The molecule has 0 radical (unpaired) electrons. The molecule has 0 atom stereocenters. The number of nitrogens with two attached hydrogens (primary N) is 1. The first-order valence-electron chi connectivity index (χ1n) is 7.60. The van der Waals surface area contributed by atoms with E-state index < -0.39 is 10.0 Å². The Morgan fingerprint density at radius 3 is 2.60 bits per heavy atom. The summed E-state index contributed by atoms with van der Waals surface area (Å²) in [5.74, 6) is -0.226. The highest BCUT2D eigenvalue weighted by atomic mass is 32.2. The number of rotatable bonds is 8. The van der Waals surface area contributed by atoms with Gasteiger partial charge in [0.05, 0.1) is 16.1 Å². The molecule has 0 bridgehead atoms. The standard InChI is InChI=1S/C17H20N4O3S/c1-2-8-20-15-10-14(11-19-12-15)17(22)21-9-7-13-3-5-16(6-4-13)25(18,23)24/h2-6,10-12,20H,1,7-9H2,(H,21,22)(H2,18,23,24). The molecule has 0 aliphatic rings. The minimum Gasteiger partial charge on any atom is -0.380 e. The molecule has 2 rings (SSSR count). The zero-order valence-corrected chi connectivity index (χ0v) is 14.4. The Bertz CT molecular complexity index is 848. The van der Waals surface area contributed by atoms with Gasteiger partial charge in [-0.15, -0.1) is 6.58 Å². The molecule has 0 unspecified atom stereocenters. The van der Waals surface area contributed by atoms with Crippen molar-refractivity contribution in [1.82, 2.24) is 10.3 Å². The van der Waals surface area contributed by atoms with Gasteiger partial charge in [-0.3, -0.25) is 9.78 Å². The van der Waals surface area contributed by atoms with Crippen molar-refractivity contribution in [2.75, 3.05) is 18.4 Å². The minimum absolute atomic E-state index is 0.0650. The van der Waals surface area contributed by atoms with Crippen molar-refractivity contribution in [2.45, 2.75) is 11.3 Å². The van der Waals surface area contributed by atoms with E-state index in [4.69, 9.17) is 5.14 Å². The van der Waals surface area contributed by atoms with Crippen molar-refractivity contribution in [3.8, 4) is 0 Å². The molecule has 0 saturated carbocycles. The summed E-state index contributed by atoms with van der Waals surface area (Å²) >= 11 is 0. The highest BCUT2D eigenvalue weighted by molar-refractivity contribution is 7.89. The van der Waals surface area contributed by atoms with E-state index in [9.17, 15) is 13.2 Å². The van der Waals surface area contributed by atoms with E-state index in [1.54, 1.807) is 30.5 Å². The van der Waals surface area contributed by atoms with Gasteiger partial charge in [-0.25, -0.2) is 13.6 Å². The fourth-order valence-electron chi connectivity index (χ4n) is 2.12. The van der Waals surface area contributed by atoms with Gasteiger partial charge in [0.25, 0.3) is 5.91 Å². The zero-order chi connectivity index (χ0) is 18.3. The Morgan fingerprint density at radius 1 is 1.24 bits per heavy atom. The molecule has 1 aromatic heterocycles. The molecule has 25 heavy (non-hydrogen) atoms. The summed E-state index contributed by atoms with van der Waals surface area (Å²) in [5.41, 5.74) is 2.09. The number of hydrogen-bond acceptors (Lipinski definition) is 5. The SMILES string of the molecule is C=CCNc1cncc(C(=O)NCCc2ccc(S(N)(=O)=O)cc2)c1. The molecule has 4 N–H and O–H groups in total. The van der Waals surface area contributed by atoms with Crippen LogP contribution >= 0.6 is 0 Å². The van der Waals surface area contributed by atoms with Crippen molar-refractivity contribution < 1.29 is 13.2 Å². The lowest BCUT2D eigenvalue weighted by Crippen LogP contribution is -2.26. The maximum atomic E-state index is 12.2. The van der Waals surface area contributed by atoms with Crippen LogP contribution in [-0.4, -0.2) is 32.4 Å². The number of carbonyl (C=O) groups is 1. The number of nitrogens with one attached hydrogen (secondary N) is 2. The second kappa shape index (κ2) is 8.41. The molecule has 7 nitrogen and oxygen atoms in total. The third kappa shape index (κ3) is 5.70. The van der Waals surface area contributed by atoms with Crippen LogP contribution in [0.15, 0.2) is 60.3 Å². The molecule has 1 aromatic carbocycles. The van der Waals surface area contributed by atoms with Crippen molar-refractivity contribution in [3.05, 3.63) is 66.5 Å². The van der Waals surface area contributed by atoms with E-state index in [1.165, 1.54) is 18.3 Å². The van der Waals surface area contributed by atoms with Gasteiger partial charge in [0, 0.05) is 25.5 Å². The fraction of sp³-hybridized carbons (Fsp3) is 0.176. The summed E-state index contributed by atoms with van der Waals surface area (Å²) in [5, 5.41) is 10.9. The lowest BCUT2D eigenvalue weighted by atomic mass is 10.1. The highest BCUT2D eigenvalue weighted by Crippen LogP contribution is 2.10. The molecular weight excluding hydrogens is 340 g/mol. The van der Waals surface area contributed by atoms with Gasteiger partial charge in [-0.05, 0) is 30.2 Å². The lowest BCUT2D eigenvalue weighted by Gasteiger charge is -2.08. The van der Waals surface area contributed by atoms with Crippen LogP contribution in [0.2, 0.25) is 0 Å². The van der Waals surface area contributed by atoms with Crippen LogP contribution in [-0.2, 0) is 16.4 Å². The van der Waals surface area contributed by atoms with Crippen LogP contribution < -0.4 is 15.8 Å². The number of carbonyl (C=O) groups excluding carboxylic acids is 1. The molecule has 132 valence electrons. The van der Waals surface area contributed by atoms with Gasteiger partial charge in [0.1, 0.15) is 0 Å². The van der Waals surface area contributed by atoms with Gasteiger partial charge in [-0.1, -0.05) is 18.2 Å². The number of aromatic nitrogens is 1. The average molecular weight is 360 g/mol. The number of hydrogen-bond donors (Lipinski definition) is 3. The van der Waals surface area contributed by atoms with Gasteiger partial charge in [-0.2, -0.15) is 0 Å². The van der Waals surface area contributed by atoms with Crippen LogP contribution in [0.5, 0.6) is 0 Å². The Labute approximate surface area is 147 Å². The van der Waals surface area contributed by atoms with E-state index in [0.29, 0.717) is 25.1 Å². The number of amides is 1. The van der Waals surface area contributed by atoms with Gasteiger partial charge in [0.2, 0.25) is 10.0 Å². The summed E-state index contributed by atoms with van der Waals surface area (Å²) in [4.78, 5) is 16.2. The summed E-state index contributed by atoms with van der Waals surface area (Å²) in [6.45, 7) is 4.62. The molecule has 0 saturated heterocycles. The van der Waals surface area contributed by atoms with E-state index in [2.05, 4.69) is 22.2 Å². The maximum Gasteiger partial charge on any atom is 0.252 e. The van der Waals surface area contributed by atoms with Crippen molar-refractivity contribution >= 4 is 21.6 Å². The fourth-order valence-corrected chi connectivity index (χ4v) is 2.63. The Kier molecular flexibility index (Phi) is 6.26. The largest absolute Gasteiger partial charge is 0.380 e. The Morgan fingerprint density at radius 2 is 1.96 bits per heavy atom. The first kappa shape index (κ1) is 18.6. The van der Waals surface area contributed by atoms with Crippen LogP contribution in [0, 0.1) is 0 Å². The topological polar surface area (TPSA) is 114 Å². The van der Waals surface area contributed by atoms with Crippen LogP contribution in [0.3, 0.4) is 0 Å². The third-order valence-electron chi connectivity index (χ3n) is 3.40. The molecule has 2 aromatic rings. The van der Waals surface area contributed by atoms with E-state index in [-0.39, 0.29) is 10.8 Å². The van der Waals surface area contributed by atoms with Crippen molar-refractivity contribution in [1.29, 1.82) is 0 Å². The van der Waals surface area contributed by atoms with E-state index >= 15 is 0 Å². The molecular formula is C17H20N4O3S. The summed E-state index contributed by atoms with van der Waals surface area (Å²) in [6.07, 6.45) is 5.41. The summed E-state index contributed by atoms with van der Waals surface area (Å²) in [6, 6.07) is 7.96. The third-order valence-corrected chi connectivity index (χ3v) is 4.33. The predicted molar refractivity (Wildman–Crippen MR) is 96.8 cm³/mol. The first-order valence-corrected chi connectivity index (χ1v) is 9.14. The second-order valence-electron chi connectivity index (χ2n) is 5.33. The van der Waals surface area contributed by atoms with Crippen LogP contribution in [0.25, 0.3) is 0 Å². The van der Waals surface area contributed by atoms with Gasteiger partial charge >= 0.3 is 0 Å². The number of benzene rings is 1. The second-order valence-corrected chi connectivity index (χ2v) is 6.89. The lowest BCUT2D eigenvalue weighted by molar-refractivity contribution is 0.0954. The maximum absolute atomic E-state index is 12.2. The average Bonchev–Trinajstić information content (AvgIpc) is 2.60. The Balaban J connectivity index is 1.89. The number of sulfonamides is 1. The molecule has 8 heteroatoms. The number of nitrogens with zero attached hydrogens (tertiary/aromatic N) is 1. The quantitative estimate of drug-likeness (QED) is 0.614. The first-order chi connectivity index (χ1) is 11.9. The van der Waals surface area contributed by atoms with Crippen LogP contribution in [0.1, 0.15) is 15.9 Å².